The lowest BCUT2D eigenvalue weighted by Crippen LogP contribution is -2.12. The normalized spacial score (nSPS) is 16.4. The van der Waals surface area contributed by atoms with Crippen LogP contribution in [0.5, 0.6) is 0 Å². The zero-order valence-corrected chi connectivity index (χ0v) is 8.98. The summed E-state index contributed by atoms with van der Waals surface area (Å²) < 4.78 is 0. The molecule has 1 N–H and O–H groups in total. The number of hydrogen-bond donors (Lipinski definition) is 1. The van der Waals surface area contributed by atoms with Crippen molar-refractivity contribution in [1.82, 2.24) is 5.32 Å². The molecule has 0 unspecified atom stereocenters. The first-order chi connectivity index (χ1) is 7.79. The van der Waals surface area contributed by atoms with Crippen LogP contribution in [0, 0.1) is 10.1 Å². The Labute approximate surface area is 94.1 Å². The molecule has 0 spiro atoms. The van der Waals surface area contributed by atoms with Gasteiger partial charge >= 0.3 is 0 Å². The van der Waals surface area contributed by atoms with Crippen LogP contribution in [0.15, 0.2) is 30.3 Å². The molecule has 1 heterocycles. The first-order valence-corrected chi connectivity index (χ1v) is 5.42. The van der Waals surface area contributed by atoms with Gasteiger partial charge in [0, 0.05) is 12.6 Å². The van der Waals surface area contributed by atoms with Crippen molar-refractivity contribution >= 4 is 11.3 Å². The maximum Gasteiger partial charge on any atom is 0.276 e. The van der Waals surface area contributed by atoms with E-state index in [0.29, 0.717) is 0 Å². The highest BCUT2D eigenvalue weighted by molar-refractivity contribution is 5.73. The van der Waals surface area contributed by atoms with E-state index in [1.807, 2.05) is 12.1 Å². The number of hydrogen-bond acceptors (Lipinski definition) is 3. The molecule has 0 saturated carbocycles. The van der Waals surface area contributed by atoms with Gasteiger partial charge in [-0.05, 0) is 31.0 Å². The number of allylic oxidation sites excluding steroid dienone is 1. The molecule has 1 aliphatic heterocycles. The molecule has 2 rings (SSSR count). The van der Waals surface area contributed by atoms with Crippen molar-refractivity contribution in [1.29, 1.82) is 0 Å². The first-order valence-electron chi connectivity index (χ1n) is 5.42. The molecule has 0 amide bonds. The zero-order valence-electron chi connectivity index (χ0n) is 8.98. The fraction of sp³-hybridized carbons (Fsp3) is 0.333. The predicted octanol–water partition coefficient (Wildman–Crippen LogP) is 2.36. The second-order valence-corrected chi connectivity index (χ2v) is 3.81. The van der Waals surface area contributed by atoms with Crippen molar-refractivity contribution in [2.75, 3.05) is 13.1 Å². The predicted molar refractivity (Wildman–Crippen MR) is 63.2 cm³/mol. The summed E-state index contributed by atoms with van der Waals surface area (Å²) in [5.41, 5.74) is 2.05. The van der Waals surface area contributed by atoms with E-state index in [1.165, 1.54) is 0 Å². The molecule has 1 aromatic rings. The van der Waals surface area contributed by atoms with Gasteiger partial charge in [-0.15, -0.1) is 0 Å². The number of rotatable bonds is 2. The van der Waals surface area contributed by atoms with Crippen LogP contribution < -0.4 is 5.32 Å². The van der Waals surface area contributed by atoms with Gasteiger partial charge in [0.2, 0.25) is 0 Å². The van der Waals surface area contributed by atoms with Gasteiger partial charge in [0.25, 0.3) is 5.69 Å². The van der Waals surface area contributed by atoms with Crippen molar-refractivity contribution in [3.63, 3.8) is 0 Å². The molecule has 0 saturated heterocycles. The summed E-state index contributed by atoms with van der Waals surface area (Å²) in [7, 11) is 0. The van der Waals surface area contributed by atoms with Gasteiger partial charge in [0.05, 0.1) is 10.5 Å². The summed E-state index contributed by atoms with van der Waals surface area (Å²) >= 11 is 0. The highest BCUT2D eigenvalue weighted by Gasteiger charge is 2.16. The van der Waals surface area contributed by atoms with Gasteiger partial charge in [0.15, 0.2) is 0 Å². The van der Waals surface area contributed by atoms with E-state index in [4.69, 9.17) is 0 Å². The van der Waals surface area contributed by atoms with Crippen molar-refractivity contribution in [2.24, 2.45) is 0 Å². The average Bonchev–Trinajstić information content (AvgIpc) is 2.57. The molecular weight excluding hydrogens is 204 g/mol. The van der Waals surface area contributed by atoms with Crippen molar-refractivity contribution < 1.29 is 4.92 Å². The third-order valence-corrected chi connectivity index (χ3v) is 2.74. The van der Waals surface area contributed by atoms with E-state index in [1.54, 1.807) is 12.1 Å². The molecule has 0 radical (unpaired) electrons. The third kappa shape index (κ3) is 2.28. The maximum absolute atomic E-state index is 10.9. The van der Waals surface area contributed by atoms with Crippen molar-refractivity contribution in [2.45, 2.75) is 12.8 Å². The molecule has 0 bridgehead atoms. The highest BCUT2D eigenvalue weighted by atomic mass is 16.6. The summed E-state index contributed by atoms with van der Waals surface area (Å²) in [5, 5.41) is 14.2. The van der Waals surface area contributed by atoms with E-state index in [0.717, 1.165) is 37.1 Å². The fourth-order valence-electron chi connectivity index (χ4n) is 1.95. The molecule has 0 aliphatic carbocycles. The largest absolute Gasteiger partial charge is 0.313 e. The molecular formula is C12H14N2O2. The molecule has 1 aliphatic rings. The zero-order chi connectivity index (χ0) is 11.4. The van der Waals surface area contributed by atoms with E-state index in [9.17, 15) is 10.1 Å². The van der Waals surface area contributed by atoms with Crippen LogP contribution in [0.25, 0.3) is 5.57 Å². The molecule has 0 aromatic heterocycles. The van der Waals surface area contributed by atoms with Crippen molar-refractivity contribution in [3.8, 4) is 0 Å². The Bertz CT molecular complexity index is 427. The lowest BCUT2D eigenvalue weighted by molar-refractivity contribution is -0.385. The Kier molecular flexibility index (Phi) is 3.31. The summed E-state index contributed by atoms with van der Waals surface area (Å²) in [4.78, 5) is 10.6. The standard InChI is InChI=1S/C12H14N2O2/c15-14(16)12-6-2-1-5-11(12)10-4-3-8-13-9-7-10/h1-2,5-7,13H,3-4,8-9H2. The lowest BCUT2D eigenvalue weighted by Gasteiger charge is -2.05. The van der Waals surface area contributed by atoms with E-state index >= 15 is 0 Å². The SMILES string of the molecule is O=[N+]([O-])c1ccccc1C1=CCNCCC1. The fourth-order valence-corrected chi connectivity index (χ4v) is 1.95. The lowest BCUT2D eigenvalue weighted by atomic mass is 10.00. The second-order valence-electron chi connectivity index (χ2n) is 3.81. The van der Waals surface area contributed by atoms with Gasteiger partial charge < -0.3 is 5.32 Å². The molecule has 0 fully saturated rings. The van der Waals surface area contributed by atoms with Gasteiger partial charge in [-0.1, -0.05) is 18.2 Å². The first kappa shape index (κ1) is 10.8. The minimum absolute atomic E-state index is 0.204. The van der Waals surface area contributed by atoms with Crippen LogP contribution in [-0.4, -0.2) is 18.0 Å². The number of benzene rings is 1. The molecule has 84 valence electrons. The Hall–Kier alpha value is -1.68. The molecule has 1 aromatic carbocycles. The average molecular weight is 218 g/mol. The molecule has 0 atom stereocenters. The van der Waals surface area contributed by atoms with E-state index in [2.05, 4.69) is 11.4 Å². The van der Waals surface area contributed by atoms with Crippen LogP contribution in [0.3, 0.4) is 0 Å². The van der Waals surface area contributed by atoms with E-state index in [-0.39, 0.29) is 10.6 Å². The van der Waals surface area contributed by atoms with E-state index < -0.39 is 0 Å². The van der Waals surface area contributed by atoms with Crippen LogP contribution in [0.1, 0.15) is 18.4 Å². The van der Waals surface area contributed by atoms with Crippen molar-refractivity contribution in [3.05, 3.63) is 46.0 Å². The Morgan fingerprint density at radius 3 is 2.94 bits per heavy atom. The summed E-state index contributed by atoms with van der Waals surface area (Å²) in [6.07, 6.45) is 3.98. The number of nitro groups is 1. The Morgan fingerprint density at radius 1 is 1.31 bits per heavy atom. The second kappa shape index (κ2) is 4.90. The molecule has 4 nitrogen and oxygen atoms in total. The summed E-state index contributed by atoms with van der Waals surface area (Å²) in [6, 6.07) is 6.95. The number of para-hydroxylation sites is 1. The Balaban J connectivity index is 2.38. The van der Waals surface area contributed by atoms with Crippen LogP contribution in [-0.2, 0) is 0 Å². The Morgan fingerprint density at radius 2 is 2.12 bits per heavy atom. The van der Waals surface area contributed by atoms with Gasteiger partial charge in [0.1, 0.15) is 0 Å². The number of nitrogens with one attached hydrogen (secondary N) is 1. The van der Waals surface area contributed by atoms with Crippen LogP contribution >= 0.6 is 0 Å². The minimum atomic E-state index is -0.311. The summed E-state index contributed by atoms with van der Waals surface area (Å²) in [6.45, 7) is 1.77. The third-order valence-electron chi connectivity index (χ3n) is 2.74. The van der Waals surface area contributed by atoms with Gasteiger partial charge in [-0.2, -0.15) is 0 Å². The maximum atomic E-state index is 10.9. The van der Waals surface area contributed by atoms with Gasteiger partial charge in [-0.25, -0.2) is 0 Å². The monoisotopic (exact) mass is 218 g/mol. The minimum Gasteiger partial charge on any atom is -0.313 e. The summed E-state index contributed by atoms with van der Waals surface area (Å²) in [5.74, 6) is 0. The molecule has 4 heteroatoms. The van der Waals surface area contributed by atoms with Crippen LogP contribution in [0.4, 0.5) is 5.69 Å². The molecule has 16 heavy (non-hydrogen) atoms. The van der Waals surface area contributed by atoms with Crippen LogP contribution in [0.2, 0.25) is 0 Å². The number of nitro benzene ring substituents is 1. The number of nitrogens with zero attached hydrogens (tertiary/aromatic N) is 1. The smallest absolute Gasteiger partial charge is 0.276 e. The van der Waals surface area contributed by atoms with Gasteiger partial charge in [-0.3, -0.25) is 10.1 Å². The topological polar surface area (TPSA) is 55.2 Å². The quantitative estimate of drug-likeness (QED) is 0.612. The highest BCUT2D eigenvalue weighted by Crippen LogP contribution is 2.29.